The van der Waals surface area contributed by atoms with Crippen molar-refractivity contribution < 1.29 is 17.6 Å². The van der Waals surface area contributed by atoms with Gasteiger partial charge in [-0.1, -0.05) is 6.07 Å². The van der Waals surface area contributed by atoms with E-state index in [0.717, 1.165) is 18.2 Å². The lowest BCUT2D eigenvalue weighted by atomic mass is 10.1. The number of nitriles is 1. The SMILES string of the molecule is N#Cc1c(F)cccc1Nc1ccc(N)cc1C(F)(F)F. The van der Waals surface area contributed by atoms with Crippen molar-refractivity contribution >= 4 is 17.1 Å². The average molecular weight is 295 g/mol. The van der Waals surface area contributed by atoms with Gasteiger partial charge in [-0.05, 0) is 30.3 Å². The Morgan fingerprint density at radius 1 is 1.10 bits per heavy atom. The molecule has 7 heteroatoms. The number of hydrogen-bond acceptors (Lipinski definition) is 3. The van der Waals surface area contributed by atoms with E-state index in [2.05, 4.69) is 5.32 Å². The van der Waals surface area contributed by atoms with Crippen LogP contribution < -0.4 is 11.1 Å². The van der Waals surface area contributed by atoms with Crippen LogP contribution in [0.25, 0.3) is 0 Å². The van der Waals surface area contributed by atoms with E-state index < -0.39 is 17.6 Å². The first-order valence-electron chi connectivity index (χ1n) is 5.75. The van der Waals surface area contributed by atoms with Gasteiger partial charge < -0.3 is 11.1 Å². The van der Waals surface area contributed by atoms with Crippen LogP contribution in [-0.2, 0) is 6.18 Å². The van der Waals surface area contributed by atoms with Gasteiger partial charge in [-0.2, -0.15) is 18.4 Å². The Balaban J connectivity index is 2.51. The molecule has 2 rings (SSSR count). The first-order valence-corrected chi connectivity index (χ1v) is 5.75. The Morgan fingerprint density at radius 3 is 2.43 bits per heavy atom. The number of anilines is 3. The van der Waals surface area contributed by atoms with Crippen LogP contribution in [0.5, 0.6) is 0 Å². The zero-order chi connectivity index (χ0) is 15.6. The minimum absolute atomic E-state index is 0.0484. The Morgan fingerprint density at radius 2 is 1.81 bits per heavy atom. The molecule has 2 aromatic rings. The number of nitrogens with two attached hydrogens (primary N) is 1. The zero-order valence-electron chi connectivity index (χ0n) is 10.5. The molecule has 0 atom stereocenters. The molecule has 0 fully saturated rings. The van der Waals surface area contributed by atoms with Crippen molar-refractivity contribution in [1.29, 1.82) is 5.26 Å². The van der Waals surface area contributed by atoms with Gasteiger partial charge in [0.05, 0.1) is 16.9 Å². The lowest BCUT2D eigenvalue weighted by Crippen LogP contribution is -2.10. The van der Waals surface area contributed by atoms with Crippen LogP contribution in [0, 0.1) is 17.1 Å². The number of nitrogen functional groups attached to an aromatic ring is 1. The smallest absolute Gasteiger partial charge is 0.399 e. The number of halogens is 4. The van der Waals surface area contributed by atoms with Gasteiger partial charge >= 0.3 is 6.18 Å². The number of nitrogens with zero attached hydrogens (tertiary/aromatic N) is 1. The fourth-order valence-corrected chi connectivity index (χ4v) is 1.79. The fraction of sp³-hybridized carbons (Fsp3) is 0.0714. The molecule has 108 valence electrons. The summed E-state index contributed by atoms with van der Waals surface area (Å²) < 4.78 is 52.3. The first kappa shape index (κ1) is 14.7. The second-order valence-corrected chi connectivity index (χ2v) is 4.20. The van der Waals surface area contributed by atoms with E-state index in [4.69, 9.17) is 11.0 Å². The van der Waals surface area contributed by atoms with Crippen molar-refractivity contribution in [2.75, 3.05) is 11.1 Å². The summed E-state index contributed by atoms with van der Waals surface area (Å²) in [6, 6.07) is 8.46. The second-order valence-electron chi connectivity index (χ2n) is 4.20. The second kappa shape index (κ2) is 5.32. The Labute approximate surface area is 117 Å². The van der Waals surface area contributed by atoms with Gasteiger partial charge in [0.2, 0.25) is 0 Å². The predicted molar refractivity (Wildman–Crippen MR) is 70.3 cm³/mol. The van der Waals surface area contributed by atoms with Crippen molar-refractivity contribution in [3.05, 3.63) is 53.3 Å². The van der Waals surface area contributed by atoms with Gasteiger partial charge in [0, 0.05) is 5.69 Å². The van der Waals surface area contributed by atoms with Crippen LogP contribution in [0.2, 0.25) is 0 Å². The molecule has 0 aromatic heterocycles. The lowest BCUT2D eigenvalue weighted by Gasteiger charge is -2.16. The van der Waals surface area contributed by atoms with Crippen LogP contribution in [0.15, 0.2) is 36.4 Å². The molecule has 0 spiro atoms. The van der Waals surface area contributed by atoms with E-state index in [-0.39, 0.29) is 22.6 Å². The molecular weight excluding hydrogens is 286 g/mol. The maximum atomic E-state index is 13.4. The Bertz CT molecular complexity index is 717. The highest BCUT2D eigenvalue weighted by Crippen LogP contribution is 2.37. The fourth-order valence-electron chi connectivity index (χ4n) is 1.79. The van der Waals surface area contributed by atoms with E-state index >= 15 is 0 Å². The number of nitrogens with one attached hydrogen (secondary N) is 1. The summed E-state index contributed by atoms with van der Waals surface area (Å²) in [7, 11) is 0. The molecular formula is C14H9F4N3. The quantitative estimate of drug-likeness (QED) is 0.649. The molecule has 0 aliphatic carbocycles. The zero-order valence-corrected chi connectivity index (χ0v) is 10.5. The third-order valence-electron chi connectivity index (χ3n) is 2.74. The number of benzene rings is 2. The van der Waals surface area contributed by atoms with E-state index in [0.29, 0.717) is 0 Å². The molecule has 3 N–H and O–H groups in total. The van der Waals surface area contributed by atoms with E-state index in [1.807, 2.05) is 0 Å². The number of hydrogen-bond donors (Lipinski definition) is 2. The molecule has 0 saturated carbocycles. The standard InChI is InChI=1S/C14H9F4N3/c15-11-2-1-3-12(9(11)7-19)21-13-5-4-8(20)6-10(13)14(16,17)18/h1-6,21H,20H2. The van der Waals surface area contributed by atoms with E-state index in [1.54, 1.807) is 6.07 Å². The van der Waals surface area contributed by atoms with Gasteiger partial charge in [0.15, 0.2) is 0 Å². The summed E-state index contributed by atoms with van der Waals surface area (Å²) in [6.45, 7) is 0. The monoisotopic (exact) mass is 295 g/mol. The van der Waals surface area contributed by atoms with Gasteiger partial charge in [0.1, 0.15) is 17.4 Å². The summed E-state index contributed by atoms with van der Waals surface area (Å²) >= 11 is 0. The van der Waals surface area contributed by atoms with Crippen molar-refractivity contribution in [3.63, 3.8) is 0 Å². The normalized spacial score (nSPS) is 11.0. The summed E-state index contributed by atoms with van der Waals surface area (Å²) in [5, 5.41) is 11.3. The highest BCUT2D eigenvalue weighted by Gasteiger charge is 2.34. The van der Waals surface area contributed by atoms with Crippen LogP contribution in [0.1, 0.15) is 11.1 Å². The summed E-state index contributed by atoms with van der Waals surface area (Å²) in [5.74, 6) is -0.813. The average Bonchev–Trinajstić information content (AvgIpc) is 2.40. The van der Waals surface area contributed by atoms with E-state index in [1.165, 1.54) is 18.2 Å². The largest absolute Gasteiger partial charge is 0.418 e. The van der Waals surface area contributed by atoms with Gasteiger partial charge in [-0.3, -0.25) is 0 Å². The Hall–Kier alpha value is -2.75. The summed E-state index contributed by atoms with van der Waals surface area (Å²) in [6.07, 6.45) is -4.63. The maximum absolute atomic E-state index is 13.4. The van der Waals surface area contributed by atoms with Crippen LogP contribution in [0.3, 0.4) is 0 Å². The highest BCUT2D eigenvalue weighted by atomic mass is 19.4. The summed E-state index contributed by atoms with van der Waals surface area (Å²) in [5.41, 5.74) is 3.61. The topological polar surface area (TPSA) is 61.8 Å². The van der Waals surface area contributed by atoms with Crippen LogP contribution in [-0.4, -0.2) is 0 Å². The van der Waals surface area contributed by atoms with E-state index in [9.17, 15) is 17.6 Å². The summed E-state index contributed by atoms with van der Waals surface area (Å²) in [4.78, 5) is 0. The Kier molecular flexibility index (Phi) is 3.72. The van der Waals surface area contributed by atoms with Gasteiger partial charge in [0.25, 0.3) is 0 Å². The highest BCUT2D eigenvalue weighted by molar-refractivity contribution is 5.71. The first-order chi connectivity index (χ1) is 9.82. The molecule has 0 aliphatic heterocycles. The molecule has 0 aliphatic rings. The lowest BCUT2D eigenvalue weighted by molar-refractivity contribution is -0.136. The van der Waals surface area contributed by atoms with Gasteiger partial charge in [-0.15, -0.1) is 0 Å². The molecule has 0 unspecified atom stereocenters. The van der Waals surface area contributed by atoms with Crippen molar-refractivity contribution in [1.82, 2.24) is 0 Å². The third kappa shape index (κ3) is 3.05. The number of alkyl halides is 3. The minimum atomic E-state index is -4.63. The molecule has 0 amide bonds. The number of rotatable bonds is 2. The predicted octanol–water partition coefficient (Wildman–Crippen LogP) is 4.04. The molecule has 0 heterocycles. The van der Waals surface area contributed by atoms with Crippen molar-refractivity contribution in [3.8, 4) is 6.07 Å². The molecule has 2 aromatic carbocycles. The van der Waals surface area contributed by atoms with Crippen molar-refractivity contribution in [2.45, 2.75) is 6.18 Å². The maximum Gasteiger partial charge on any atom is 0.418 e. The molecule has 21 heavy (non-hydrogen) atoms. The molecule has 0 radical (unpaired) electrons. The van der Waals surface area contributed by atoms with Crippen LogP contribution in [0.4, 0.5) is 34.6 Å². The molecule has 0 bridgehead atoms. The molecule has 3 nitrogen and oxygen atoms in total. The third-order valence-corrected chi connectivity index (χ3v) is 2.74. The van der Waals surface area contributed by atoms with Gasteiger partial charge in [-0.25, -0.2) is 4.39 Å². The molecule has 0 saturated heterocycles. The van der Waals surface area contributed by atoms with Crippen molar-refractivity contribution in [2.24, 2.45) is 0 Å². The minimum Gasteiger partial charge on any atom is -0.399 e. The van der Waals surface area contributed by atoms with Crippen LogP contribution >= 0.6 is 0 Å².